The Morgan fingerprint density at radius 2 is 1.34 bits per heavy atom. The van der Waals surface area contributed by atoms with Crippen LogP contribution in [0.1, 0.15) is 61.8 Å². The van der Waals surface area contributed by atoms with Crippen molar-refractivity contribution in [2.45, 2.75) is 84.5 Å². The average molecular weight is 628 g/mol. The third kappa shape index (κ3) is 9.92. The lowest BCUT2D eigenvalue weighted by Crippen LogP contribution is -2.68. The highest BCUT2D eigenvalue weighted by atomic mass is 28.4. The van der Waals surface area contributed by atoms with E-state index in [-0.39, 0.29) is 31.2 Å². The molecule has 0 aliphatic carbocycles. The minimum absolute atomic E-state index is 0.173. The summed E-state index contributed by atoms with van der Waals surface area (Å²) in [5.74, 6) is -1.68. The van der Waals surface area contributed by atoms with Crippen LogP contribution < -0.4 is 21.0 Å². The van der Waals surface area contributed by atoms with Gasteiger partial charge in [0, 0.05) is 7.05 Å². The molecule has 0 fully saturated rings. The Balaban J connectivity index is 2.50. The van der Waals surface area contributed by atoms with Gasteiger partial charge >= 0.3 is 12.1 Å². The Morgan fingerprint density at radius 1 is 0.818 bits per heavy atom. The zero-order chi connectivity index (χ0) is 33.1. The molecule has 0 aliphatic heterocycles. The summed E-state index contributed by atoms with van der Waals surface area (Å²) in [4.78, 5) is 53.2. The lowest BCUT2D eigenvalue weighted by Gasteiger charge is -2.43. The minimum Gasteiger partial charge on any atom is -0.465 e. The number of benzene rings is 2. The summed E-state index contributed by atoms with van der Waals surface area (Å²) in [5, 5.41) is 7.02. The molecule has 0 aromatic heterocycles. The maximum absolute atomic E-state index is 13.8. The van der Waals surface area contributed by atoms with E-state index in [9.17, 15) is 19.2 Å². The van der Waals surface area contributed by atoms with Crippen LogP contribution in [0.5, 0.6) is 0 Å². The fraction of sp³-hybridized carbons (Fsp3) is 0.515. The van der Waals surface area contributed by atoms with Gasteiger partial charge in [-0.05, 0) is 49.5 Å². The summed E-state index contributed by atoms with van der Waals surface area (Å²) < 4.78 is 17.3. The van der Waals surface area contributed by atoms with Crippen LogP contribution in [-0.2, 0) is 28.3 Å². The van der Waals surface area contributed by atoms with Gasteiger partial charge in [0.05, 0.1) is 13.2 Å². The molecule has 3 amide bonds. The molecule has 2 atom stereocenters. The van der Waals surface area contributed by atoms with Gasteiger partial charge in [0.1, 0.15) is 24.2 Å². The van der Waals surface area contributed by atoms with Crippen LogP contribution in [0.25, 0.3) is 0 Å². The minimum atomic E-state index is -3.08. The topological polar surface area (TPSA) is 123 Å². The predicted octanol–water partition coefficient (Wildman–Crippen LogP) is 3.37. The molecule has 0 radical (unpaired) electrons. The van der Waals surface area contributed by atoms with Crippen molar-refractivity contribution < 1.29 is 33.1 Å². The molecule has 0 spiro atoms. The number of hydrogen-bond donors (Lipinski definition) is 2. The van der Waals surface area contributed by atoms with Gasteiger partial charge < -0.3 is 29.4 Å². The number of ether oxygens (including phenoxy) is 2. The van der Waals surface area contributed by atoms with Crippen LogP contribution in [0.3, 0.4) is 0 Å². The number of carbonyl (C=O) groups is 4. The van der Waals surface area contributed by atoms with Gasteiger partial charge in [-0.3, -0.25) is 14.4 Å². The van der Waals surface area contributed by atoms with Crippen molar-refractivity contribution >= 4 is 42.6 Å². The molecule has 0 bridgehead atoms. The zero-order valence-corrected chi connectivity index (χ0v) is 28.6. The van der Waals surface area contributed by atoms with E-state index in [1.807, 2.05) is 60.7 Å². The molecule has 2 aromatic rings. The van der Waals surface area contributed by atoms with Crippen LogP contribution in [0.4, 0.5) is 4.79 Å². The Morgan fingerprint density at radius 3 is 1.77 bits per heavy atom. The van der Waals surface area contributed by atoms with E-state index in [4.69, 9.17) is 13.9 Å². The van der Waals surface area contributed by atoms with E-state index in [0.717, 1.165) is 10.4 Å². The van der Waals surface area contributed by atoms with Gasteiger partial charge in [0.15, 0.2) is 0 Å². The molecule has 0 heterocycles. The smallest absolute Gasteiger partial charge is 0.408 e. The van der Waals surface area contributed by atoms with E-state index in [1.165, 1.54) is 11.9 Å². The van der Waals surface area contributed by atoms with E-state index in [2.05, 4.69) is 31.4 Å². The van der Waals surface area contributed by atoms with Gasteiger partial charge in [-0.2, -0.15) is 0 Å². The number of esters is 1. The highest BCUT2D eigenvalue weighted by molar-refractivity contribution is 6.99. The second kappa shape index (κ2) is 15.9. The van der Waals surface area contributed by atoms with Crippen molar-refractivity contribution in [3.8, 4) is 0 Å². The van der Waals surface area contributed by atoms with Gasteiger partial charge in [-0.15, -0.1) is 0 Å². The van der Waals surface area contributed by atoms with Crippen LogP contribution in [0.15, 0.2) is 60.7 Å². The first-order chi connectivity index (χ1) is 20.6. The van der Waals surface area contributed by atoms with Gasteiger partial charge in [0.25, 0.3) is 8.32 Å². The van der Waals surface area contributed by atoms with Crippen molar-refractivity contribution in [3.05, 3.63) is 60.7 Å². The highest BCUT2D eigenvalue weighted by Gasteiger charge is 2.51. The van der Waals surface area contributed by atoms with Crippen LogP contribution in [0, 0.1) is 0 Å². The Hall–Kier alpha value is -3.70. The van der Waals surface area contributed by atoms with Gasteiger partial charge in [0.2, 0.25) is 11.8 Å². The zero-order valence-electron chi connectivity index (χ0n) is 27.6. The largest absolute Gasteiger partial charge is 0.465 e. The summed E-state index contributed by atoms with van der Waals surface area (Å²) >= 11 is 0. The van der Waals surface area contributed by atoms with Crippen LogP contribution in [0.2, 0.25) is 5.04 Å². The number of hydrogen-bond acceptors (Lipinski definition) is 7. The highest BCUT2D eigenvalue weighted by Crippen LogP contribution is 2.36. The second-order valence-electron chi connectivity index (χ2n) is 12.6. The Bertz CT molecular complexity index is 1200. The number of carbonyl (C=O) groups excluding carboxylic acids is 4. The number of likely N-dealkylation sites (N-methyl/N-ethyl adjacent to an activating group) is 1. The van der Waals surface area contributed by atoms with Crippen LogP contribution >= 0.6 is 0 Å². The summed E-state index contributed by atoms with van der Waals surface area (Å²) in [5.41, 5.74) is -0.753. The maximum atomic E-state index is 13.8. The van der Waals surface area contributed by atoms with Crippen molar-refractivity contribution in [2.24, 2.45) is 0 Å². The van der Waals surface area contributed by atoms with Crippen molar-refractivity contribution in [1.29, 1.82) is 0 Å². The first kappa shape index (κ1) is 36.5. The van der Waals surface area contributed by atoms with Crippen molar-refractivity contribution in [3.63, 3.8) is 0 Å². The average Bonchev–Trinajstić information content (AvgIpc) is 2.94. The van der Waals surface area contributed by atoms with E-state index in [1.54, 1.807) is 34.6 Å². The molecule has 44 heavy (non-hydrogen) atoms. The lowest BCUT2D eigenvalue weighted by atomic mass is 10.1. The summed E-state index contributed by atoms with van der Waals surface area (Å²) in [6.45, 7) is 14.6. The summed E-state index contributed by atoms with van der Waals surface area (Å²) in [6, 6.07) is 17.7. The van der Waals surface area contributed by atoms with E-state index < -0.39 is 49.9 Å². The van der Waals surface area contributed by atoms with E-state index >= 15 is 0 Å². The second-order valence-corrected chi connectivity index (χ2v) is 16.9. The maximum Gasteiger partial charge on any atom is 0.408 e. The third-order valence-electron chi connectivity index (χ3n) is 6.96. The number of alkyl carbamates (subject to hydrolysis) is 1. The van der Waals surface area contributed by atoms with Gasteiger partial charge in [-0.1, -0.05) is 88.4 Å². The SMILES string of the molecule is CCOC(=O)CN(C)C(=O)[C@H](CO[Si](c1ccccc1)(c1ccccc1)C(C)(C)C)NC(=O)[C@@H](CC)NC(=O)OC(C)(C)C. The Kier molecular flexibility index (Phi) is 13.1. The van der Waals surface area contributed by atoms with Crippen molar-refractivity contribution in [1.82, 2.24) is 15.5 Å². The molecular weight excluding hydrogens is 578 g/mol. The molecule has 2 N–H and O–H groups in total. The number of nitrogens with one attached hydrogen (secondary N) is 2. The standard InChI is InChI=1S/C33H49N3O7Si/c1-10-26(35-31(40)43-32(3,4)5)29(38)34-27(30(39)36(9)22-28(37)41-11-2)23-42-44(33(6,7)8,24-18-14-12-15-19-24)25-20-16-13-17-21-25/h12-21,26-27H,10-11,22-23H2,1-9H3,(H,34,38)(H,35,40)/t26-,27+/m1/s1. The fourth-order valence-corrected chi connectivity index (χ4v) is 9.54. The van der Waals surface area contributed by atoms with Crippen molar-refractivity contribution in [2.75, 3.05) is 26.8 Å². The first-order valence-electron chi connectivity index (χ1n) is 15.0. The lowest BCUT2D eigenvalue weighted by molar-refractivity contribution is -0.149. The van der Waals surface area contributed by atoms with E-state index in [0.29, 0.717) is 0 Å². The molecule has 10 nitrogen and oxygen atoms in total. The normalized spacial score (nSPS) is 13.3. The molecule has 0 saturated heterocycles. The first-order valence-corrected chi connectivity index (χ1v) is 16.9. The molecule has 0 saturated carbocycles. The molecule has 242 valence electrons. The monoisotopic (exact) mass is 627 g/mol. The summed E-state index contributed by atoms with van der Waals surface area (Å²) in [7, 11) is -1.61. The number of rotatable bonds is 13. The Labute approximate surface area is 263 Å². The predicted molar refractivity (Wildman–Crippen MR) is 173 cm³/mol. The number of nitrogens with zero attached hydrogens (tertiary/aromatic N) is 1. The quantitative estimate of drug-likeness (QED) is 0.258. The third-order valence-corrected chi connectivity index (χ3v) is 12.0. The molecule has 2 aromatic carbocycles. The van der Waals surface area contributed by atoms with Gasteiger partial charge in [-0.25, -0.2) is 4.79 Å². The molecular formula is C33H49N3O7Si. The molecule has 0 unspecified atom stereocenters. The number of amides is 3. The fourth-order valence-electron chi connectivity index (χ4n) is 4.96. The van der Waals surface area contributed by atoms with Crippen LogP contribution in [-0.4, -0.2) is 81.6 Å². The summed E-state index contributed by atoms with van der Waals surface area (Å²) in [6.07, 6.45) is -0.495. The molecule has 2 rings (SSSR count). The molecule has 11 heteroatoms. The molecule has 0 aliphatic rings.